The van der Waals surface area contributed by atoms with Crippen LogP contribution in [-0.2, 0) is 0 Å². The standard InChI is InChI=1S/C30H42BN3/c1-9-14-17-21(6)33-23(8)26(16-11-3)31-25(12-4)27(13-5)34(22(7)18-15-10-2)29-20-24(32)19-28(33)30(29)31/h12,15-16,18-19,29H,4,6-11,13-14,17,20,32H2,1-3,5H3/b18-15-,26-16+. The molecule has 180 valence electrons. The Labute approximate surface area is 208 Å². The van der Waals surface area contributed by atoms with E-state index in [0.717, 1.165) is 73.4 Å². The number of rotatable bonds is 10. The van der Waals surface area contributed by atoms with Crippen LogP contribution in [0.1, 0.15) is 72.6 Å². The maximum atomic E-state index is 6.61. The van der Waals surface area contributed by atoms with Crippen LogP contribution >= 0.6 is 0 Å². The van der Waals surface area contributed by atoms with Crippen LogP contribution in [0.5, 0.6) is 0 Å². The lowest BCUT2D eigenvalue weighted by molar-refractivity contribution is 0.335. The molecule has 1 atom stereocenters. The maximum Gasteiger partial charge on any atom is 0.246 e. The number of unbranched alkanes of at least 4 members (excludes halogenated alkanes) is 1. The van der Waals surface area contributed by atoms with E-state index in [0.29, 0.717) is 0 Å². The van der Waals surface area contributed by atoms with Gasteiger partial charge in [0.2, 0.25) is 6.71 Å². The lowest BCUT2D eigenvalue weighted by Crippen LogP contribution is -2.53. The molecule has 2 N–H and O–H groups in total. The van der Waals surface area contributed by atoms with Crippen LogP contribution in [0.4, 0.5) is 0 Å². The quantitative estimate of drug-likeness (QED) is 0.274. The summed E-state index contributed by atoms with van der Waals surface area (Å²) in [5.41, 5.74) is 16.9. The van der Waals surface area contributed by atoms with Crippen molar-refractivity contribution < 1.29 is 0 Å². The average molecular weight is 455 g/mol. The summed E-state index contributed by atoms with van der Waals surface area (Å²) < 4.78 is 0. The highest BCUT2D eigenvalue weighted by atomic mass is 15.2. The number of nitrogens with zero attached hydrogens (tertiary/aromatic N) is 2. The Morgan fingerprint density at radius 3 is 2.53 bits per heavy atom. The molecule has 0 aromatic heterocycles. The monoisotopic (exact) mass is 455 g/mol. The molecule has 34 heavy (non-hydrogen) atoms. The van der Waals surface area contributed by atoms with E-state index in [-0.39, 0.29) is 12.8 Å². The van der Waals surface area contributed by atoms with Gasteiger partial charge < -0.3 is 15.5 Å². The molecule has 0 aromatic rings. The Kier molecular flexibility index (Phi) is 8.35. The second-order valence-electron chi connectivity index (χ2n) is 9.36. The van der Waals surface area contributed by atoms with Crippen molar-refractivity contribution in [2.75, 3.05) is 0 Å². The van der Waals surface area contributed by atoms with Crippen LogP contribution in [0.3, 0.4) is 0 Å². The van der Waals surface area contributed by atoms with E-state index in [9.17, 15) is 0 Å². The smallest absolute Gasteiger partial charge is 0.246 e. The largest absolute Gasteiger partial charge is 0.402 e. The van der Waals surface area contributed by atoms with Crippen molar-refractivity contribution in [3.8, 4) is 0 Å². The van der Waals surface area contributed by atoms with E-state index in [4.69, 9.17) is 5.73 Å². The molecule has 3 rings (SSSR count). The van der Waals surface area contributed by atoms with Gasteiger partial charge in [-0.1, -0.05) is 84.1 Å². The van der Waals surface area contributed by atoms with E-state index >= 15 is 0 Å². The first-order chi connectivity index (χ1) is 16.4. The summed E-state index contributed by atoms with van der Waals surface area (Å²) in [7, 11) is 0. The van der Waals surface area contributed by atoms with Gasteiger partial charge in [0.05, 0.1) is 6.04 Å². The van der Waals surface area contributed by atoms with Crippen molar-refractivity contribution in [1.82, 2.24) is 9.80 Å². The minimum absolute atomic E-state index is 0.118. The predicted molar refractivity (Wildman–Crippen MR) is 149 cm³/mol. The molecule has 0 fully saturated rings. The SMILES string of the molecule is C=CC1=C(CC)N(C(=C)/C=C\CC)C2CC(N)=CC3=C2B1/C(=C/CC)C(=C)N3C(=C)CCCC. The van der Waals surface area contributed by atoms with Crippen LogP contribution in [0.15, 0.2) is 107 Å². The molecule has 0 amide bonds. The lowest BCUT2D eigenvalue weighted by atomic mass is 9.30. The molecule has 1 unspecified atom stereocenters. The fourth-order valence-corrected chi connectivity index (χ4v) is 5.65. The van der Waals surface area contributed by atoms with Gasteiger partial charge in [0.1, 0.15) is 0 Å². The number of hydrogen-bond acceptors (Lipinski definition) is 3. The zero-order chi connectivity index (χ0) is 25.0. The summed E-state index contributed by atoms with van der Waals surface area (Å²) in [5.74, 6) is 0. The highest BCUT2D eigenvalue weighted by Gasteiger charge is 2.49. The van der Waals surface area contributed by atoms with Gasteiger partial charge in [0.25, 0.3) is 0 Å². The number of allylic oxidation sites excluding steroid dienone is 9. The summed E-state index contributed by atoms with van der Waals surface area (Å²) >= 11 is 0. The number of hydrogen-bond donors (Lipinski definition) is 1. The summed E-state index contributed by atoms with van der Waals surface area (Å²) in [6, 6.07) is 0.118. The Balaban J connectivity index is 2.35. The molecular weight excluding hydrogens is 413 g/mol. The third-order valence-electron chi connectivity index (χ3n) is 7.09. The summed E-state index contributed by atoms with van der Waals surface area (Å²) in [5, 5.41) is 0. The van der Waals surface area contributed by atoms with Crippen molar-refractivity contribution in [3.63, 3.8) is 0 Å². The third kappa shape index (κ3) is 4.43. The zero-order valence-corrected chi connectivity index (χ0v) is 21.8. The number of nitrogens with two attached hydrogens (primary N) is 1. The minimum Gasteiger partial charge on any atom is -0.402 e. The second-order valence-corrected chi connectivity index (χ2v) is 9.36. The Hall–Kier alpha value is -2.88. The topological polar surface area (TPSA) is 32.5 Å². The van der Waals surface area contributed by atoms with Gasteiger partial charge in [0, 0.05) is 40.6 Å². The zero-order valence-electron chi connectivity index (χ0n) is 21.8. The molecule has 0 aromatic carbocycles. The molecular formula is C30H42BN3. The summed E-state index contributed by atoms with van der Waals surface area (Å²) in [6.07, 6.45) is 17.7. The second kappa shape index (κ2) is 11.0. The van der Waals surface area contributed by atoms with Gasteiger partial charge in [-0.2, -0.15) is 0 Å². The first-order valence-electron chi connectivity index (χ1n) is 12.9. The molecule has 0 saturated heterocycles. The van der Waals surface area contributed by atoms with E-state index in [1.165, 1.54) is 22.1 Å². The Bertz CT molecular complexity index is 1030. The molecule has 2 heterocycles. The van der Waals surface area contributed by atoms with Crippen LogP contribution in [0.25, 0.3) is 0 Å². The fourth-order valence-electron chi connectivity index (χ4n) is 5.65. The van der Waals surface area contributed by atoms with Crippen LogP contribution in [0.2, 0.25) is 0 Å². The van der Waals surface area contributed by atoms with Crippen molar-refractivity contribution in [1.29, 1.82) is 0 Å². The van der Waals surface area contributed by atoms with E-state index < -0.39 is 0 Å². The van der Waals surface area contributed by atoms with Crippen LogP contribution < -0.4 is 5.73 Å². The third-order valence-corrected chi connectivity index (χ3v) is 7.09. The van der Waals surface area contributed by atoms with Crippen LogP contribution in [0, 0.1) is 0 Å². The fraction of sp³-hybridized carbons (Fsp3) is 0.400. The minimum atomic E-state index is 0.118. The maximum absolute atomic E-state index is 6.61. The molecule has 0 bridgehead atoms. The normalized spacial score (nSPS) is 21.5. The predicted octanol–water partition coefficient (Wildman–Crippen LogP) is 7.48. The first kappa shape index (κ1) is 25.7. The van der Waals surface area contributed by atoms with Crippen LogP contribution in [-0.4, -0.2) is 22.6 Å². The molecule has 2 aliphatic heterocycles. The molecule has 0 spiro atoms. The van der Waals surface area contributed by atoms with Crippen molar-refractivity contribution >= 4 is 6.71 Å². The van der Waals surface area contributed by atoms with Gasteiger partial charge in [-0.15, -0.1) is 0 Å². The summed E-state index contributed by atoms with van der Waals surface area (Å²) in [6.45, 7) is 26.8. The average Bonchev–Trinajstić information content (AvgIpc) is 2.82. The lowest BCUT2D eigenvalue weighted by Gasteiger charge is -2.52. The van der Waals surface area contributed by atoms with Gasteiger partial charge in [0.15, 0.2) is 0 Å². The van der Waals surface area contributed by atoms with E-state index in [2.05, 4.69) is 88.1 Å². The van der Waals surface area contributed by atoms with Crippen molar-refractivity contribution in [2.24, 2.45) is 5.73 Å². The first-order valence-corrected chi connectivity index (χ1v) is 12.9. The Morgan fingerprint density at radius 1 is 1.21 bits per heavy atom. The van der Waals surface area contributed by atoms with Gasteiger partial charge in [-0.3, -0.25) is 0 Å². The highest BCUT2D eigenvalue weighted by Crippen LogP contribution is 2.49. The molecule has 3 aliphatic rings. The van der Waals surface area contributed by atoms with Gasteiger partial charge in [-0.05, 0) is 55.2 Å². The van der Waals surface area contributed by atoms with E-state index in [1.54, 1.807) is 0 Å². The van der Waals surface area contributed by atoms with Gasteiger partial charge >= 0.3 is 0 Å². The molecule has 1 aliphatic carbocycles. The molecule has 4 heteroatoms. The van der Waals surface area contributed by atoms with Crippen molar-refractivity contribution in [2.45, 2.75) is 78.7 Å². The molecule has 3 nitrogen and oxygen atoms in total. The van der Waals surface area contributed by atoms with Gasteiger partial charge in [-0.25, -0.2) is 0 Å². The Morgan fingerprint density at radius 2 is 1.94 bits per heavy atom. The molecule has 0 radical (unpaired) electrons. The highest BCUT2D eigenvalue weighted by molar-refractivity contribution is 6.83. The molecule has 0 saturated carbocycles. The summed E-state index contributed by atoms with van der Waals surface area (Å²) in [4.78, 5) is 4.70. The van der Waals surface area contributed by atoms with Crippen molar-refractivity contribution in [3.05, 3.63) is 107 Å². The van der Waals surface area contributed by atoms with E-state index in [1.807, 2.05) is 6.08 Å².